The van der Waals surface area contributed by atoms with E-state index < -0.39 is 17.2 Å². The molecule has 4 saturated carbocycles. The monoisotopic (exact) mass is 611 g/mol. The van der Waals surface area contributed by atoms with Crippen LogP contribution in [-0.4, -0.2) is 62.9 Å². The van der Waals surface area contributed by atoms with Crippen molar-refractivity contribution in [1.29, 1.82) is 5.41 Å². The van der Waals surface area contributed by atoms with Crippen LogP contribution < -0.4 is 5.32 Å². The van der Waals surface area contributed by atoms with Gasteiger partial charge in [-0.25, -0.2) is 4.39 Å². The Morgan fingerprint density at radius 1 is 1.18 bits per heavy atom. The quantitative estimate of drug-likeness (QED) is 0.241. The van der Waals surface area contributed by atoms with Gasteiger partial charge in [-0.05, 0) is 68.4 Å². The Hall–Kier alpha value is -2.02. The van der Waals surface area contributed by atoms with Gasteiger partial charge in [0.2, 0.25) is 5.79 Å². The van der Waals surface area contributed by atoms with E-state index in [1.165, 1.54) is 17.9 Å². The Bertz CT molecular complexity index is 1450. The number of fused-ring (bicyclic) bond motifs is 4. The number of benzene rings is 1. The number of quaternary nitrogens is 1. The van der Waals surface area contributed by atoms with Crippen molar-refractivity contribution in [3.05, 3.63) is 52.5 Å². The minimum Gasteiger partial charge on any atom is -0.392 e. The molecule has 6 fully saturated rings. The van der Waals surface area contributed by atoms with Gasteiger partial charge in [-0.3, -0.25) is 5.32 Å². The molecule has 238 valence electrons. The molecule has 0 radical (unpaired) electrons. The highest BCUT2D eigenvalue weighted by Gasteiger charge is 2.89. The molecule has 10 heteroatoms. The van der Waals surface area contributed by atoms with Gasteiger partial charge in [0.1, 0.15) is 36.2 Å². The molecule has 7 aliphatic rings. The van der Waals surface area contributed by atoms with Gasteiger partial charge >= 0.3 is 0 Å². The van der Waals surface area contributed by atoms with Crippen molar-refractivity contribution < 1.29 is 43.2 Å². The zero-order valence-electron chi connectivity index (χ0n) is 25.9. The fraction of sp³-hybridized carbons (Fsp3) is 0.676. The van der Waals surface area contributed by atoms with Gasteiger partial charge in [0, 0.05) is 52.8 Å². The van der Waals surface area contributed by atoms with Crippen LogP contribution in [0.5, 0.6) is 0 Å². The summed E-state index contributed by atoms with van der Waals surface area (Å²) in [4.78, 5) is 0. The van der Waals surface area contributed by atoms with E-state index in [1.807, 2.05) is 5.32 Å². The third-order valence-corrected chi connectivity index (χ3v) is 13.4. The predicted molar refractivity (Wildman–Crippen MR) is 156 cm³/mol. The van der Waals surface area contributed by atoms with Crippen molar-refractivity contribution in [1.82, 2.24) is 0 Å². The summed E-state index contributed by atoms with van der Waals surface area (Å²) in [7, 11) is 1.68. The first-order chi connectivity index (χ1) is 21.2. The molecular weight excluding hydrogens is 567 g/mol. The Morgan fingerprint density at radius 3 is 2.77 bits per heavy atom. The van der Waals surface area contributed by atoms with Gasteiger partial charge < -0.3 is 38.9 Å². The van der Waals surface area contributed by atoms with Crippen LogP contribution in [0.3, 0.4) is 0 Å². The summed E-state index contributed by atoms with van der Waals surface area (Å²) in [5.74, 6) is -0.890. The summed E-state index contributed by atoms with van der Waals surface area (Å²) in [5, 5.41) is 20.1. The zero-order chi connectivity index (χ0) is 30.6. The third kappa shape index (κ3) is 3.38. The van der Waals surface area contributed by atoms with Gasteiger partial charge in [-0.2, -0.15) is 0 Å². The Labute approximate surface area is 257 Å². The Kier molecular flexibility index (Phi) is 6.51. The number of nitrogens with one attached hydrogen (secondary N) is 1. The van der Waals surface area contributed by atoms with Crippen LogP contribution in [0.25, 0.3) is 0 Å². The number of hydrogen-bond donors (Lipinski definition) is 3. The third-order valence-electron chi connectivity index (χ3n) is 13.4. The van der Waals surface area contributed by atoms with E-state index in [-0.39, 0.29) is 60.3 Å². The molecule has 4 unspecified atom stereocenters. The van der Waals surface area contributed by atoms with Gasteiger partial charge in [0.15, 0.2) is 13.6 Å². The normalized spacial score (nSPS) is 45.2. The largest absolute Gasteiger partial charge is 0.392 e. The van der Waals surface area contributed by atoms with Gasteiger partial charge in [-0.15, -0.1) is 0 Å². The number of methoxy groups -OCH3 is 1. The van der Waals surface area contributed by atoms with Crippen LogP contribution >= 0.6 is 0 Å². The second-order valence-corrected chi connectivity index (χ2v) is 14.6. The lowest BCUT2D eigenvalue weighted by atomic mass is 9.45. The van der Waals surface area contributed by atoms with Gasteiger partial charge in [0.05, 0.1) is 12.7 Å². The van der Waals surface area contributed by atoms with Crippen molar-refractivity contribution in [3.63, 3.8) is 0 Å². The smallest absolute Gasteiger partial charge is 0.226 e. The second kappa shape index (κ2) is 9.75. The molecule has 44 heavy (non-hydrogen) atoms. The molecule has 1 aromatic rings. The highest BCUT2D eigenvalue weighted by atomic mass is 19.1. The number of rotatable bonds is 7. The van der Waals surface area contributed by atoms with Crippen LogP contribution in [0.4, 0.5) is 10.1 Å². The maximum atomic E-state index is 14.1. The highest BCUT2D eigenvalue weighted by Crippen LogP contribution is 2.91. The average Bonchev–Trinajstić information content (AvgIpc) is 3.25. The molecule has 2 spiro atoms. The van der Waals surface area contributed by atoms with Crippen molar-refractivity contribution in [2.75, 3.05) is 34.1 Å². The lowest BCUT2D eigenvalue weighted by Gasteiger charge is -2.61. The standard InChI is InChI=1S/C34H43FN2O7/c1-29-12-22(14-36)26(37-24-4-5-25(35)21(10-24)15-38)11-23(29)6-8-31-16-32(29,31)28(41-18-39-3)13-30(2)27(31)7-9-33(30)34(44-20-42-33)17-40-19-43-34/h4-5,10-11,14,27-28,36-38H,6-9,12-13,15-20H2,1-3H3/p+1/t27?,28-,29-,30-,31?,32?,33+,34?/m0/s1. The molecule has 1 aromatic carbocycles. The van der Waals surface area contributed by atoms with Crippen molar-refractivity contribution in [3.8, 4) is 0 Å². The van der Waals surface area contributed by atoms with Crippen molar-refractivity contribution in [2.45, 2.75) is 82.9 Å². The molecule has 2 aliphatic heterocycles. The number of allylic oxidation sites excluding steroid dienone is 3. The minimum absolute atomic E-state index is 0.0714. The highest BCUT2D eigenvalue weighted by molar-refractivity contribution is 5.78. The number of halogens is 1. The number of ether oxygens (including phenoxy) is 6. The molecule has 9 nitrogen and oxygen atoms in total. The lowest BCUT2D eigenvalue weighted by molar-refractivity contribution is -0.513. The van der Waals surface area contributed by atoms with Gasteiger partial charge in [-0.1, -0.05) is 19.4 Å². The number of nitrogens with two attached hydrogens (primary N) is 1. The van der Waals surface area contributed by atoms with E-state index in [0.29, 0.717) is 12.5 Å². The van der Waals surface area contributed by atoms with E-state index in [0.717, 1.165) is 61.9 Å². The summed E-state index contributed by atoms with van der Waals surface area (Å²) in [5.41, 5.74) is 3.37. The fourth-order valence-electron chi connectivity index (χ4n) is 11.7. The van der Waals surface area contributed by atoms with E-state index >= 15 is 0 Å². The maximum absolute atomic E-state index is 14.1. The van der Waals surface area contributed by atoms with Crippen LogP contribution in [-0.2, 0) is 35.0 Å². The molecule has 0 amide bonds. The first kappa shape index (κ1) is 29.4. The molecule has 0 aromatic heterocycles. The van der Waals surface area contributed by atoms with Crippen LogP contribution in [0.2, 0.25) is 0 Å². The average molecular weight is 612 g/mol. The SMILES string of the molecule is COCO[C@H]1C[C@@]2(C)C(CC[C@@]23OCOC32COCO2)C23CCC4=CC([NH2+]c5ccc(F)c(CO)c5)=C(C=N)C[C@]4(C)C12C3. The molecule has 8 rings (SSSR count). The van der Waals surface area contributed by atoms with E-state index in [2.05, 4.69) is 19.9 Å². The number of hydrogen-bond acceptors (Lipinski definition) is 8. The summed E-state index contributed by atoms with van der Waals surface area (Å²) < 4.78 is 51.3. The molecule has 2 heterocycles. The lowest BCUT2D eigenvalue weighted by Crippen LogP contribution is -2.76. The minimum atomic E-state index is -0.890. The second-order valence-electron chi connectivity index (χ2n) is 14.6. The molecule has 8 atom stereocenters. The first-order valence-corrected chi connectivity index (χ1v) is 16.0. The van der Waals surface area contributed by atoms with Crippen LogP contribution in [0.1, 0.15) is 64.4 Å². The van der Waals surface area contributed by atoms with Crippen LogP contribution in [0, 0.1) is 38.8 Å². The van der Waals surface area contributed by atoms with Crippen molar-refractivity contribution in [2.24, 2.45) is 27.6 Å². The van der Waals surface area contributed by atoms with E-state index in [4.69, 9.17) is 33.8 Å². The summed E-state index contributed by atoms with van der Waals surface area (Å²) in [6.07, 6.45) is 10.3. The predicted octanol–water partition coefficient (Wildman–Crippen LogP) is 4.18. The fourth-order valence-corrected chi connectivity index (χ4v) is 11.7. The molecule has 2 saturated heterocycles. The molecule has 5 aliphatic carbocycles. The maximum Gasteiger partial charge on any atom is 0.226 e. The van der Waals surface area contributed by atoms with E-state index in [9.17, 15) is 9.50 Å². The first-order valence-electron chi connectivity index (χ1n) is 16.0. The van der Waals surface area contributed by atoms with Crippen LogP contribution in [0.15, 0.2) is 41.1 Å². The van der Waals surface area contributed by atoms with E-state index in [1.54, 1.807) is 19.2 Å². The summed E-state index contributed by atoms with van der Waals surface area (Å²) in [6, 6.07) is 4.82. The Morgan fingerprint density at radius 2 is 2.02 bits per heavy atom. The molecule has 4 N–H and O–H groups in total. The molecule has 0 bridgehead atoms. The number of aliphatic hydroxyl groups is 1. The van der Waals surface area contributed by atoms with Crippen molar-refractivity contribution >= 4 is 11.9 Å². The summed E-state index contributed by atoms with van der Waals surface area (Å²) in [6.45, 7) is 5.46. The number of aliphatic hydroxyl groups excluding tert-OH is 1. The molecular formula is C34H44FN2O7+. The van der Waals surface area contributed by atoms with Gasteiger partial charge in [0.25, 0.3) is 0 Å². The Balaban J connectivity index is 1.18. The topological polar surface area (TPSA) is 116 Å². The zero-order valence-corrected chi connectivity index (χ0v) is 25.9. The summed E-state index contributed by atoms with van der Waals surface area (Å²) >= 11 is 0.